The molecule has 6 N–H and O–H groups in total. The van der Waals surface area contributed by atoms with Crippen molar-refractivity contribution in [3.63, 3.8) is 0 Å². The van der Waals surface area contributed by atoms with E-state index in [0.717, 1.165) is 0 Å². The zero-order chi connectivity index (χ0) is 32.8. The molecule has 0 fully saturated rings. The number of ether oxygens (including phenoxy) is 1. The van der Waals surface area contributed by atoms with E-state index in [4.69, 9.17) is 5.11 Å². The molecule has 14 nitrogen and oxygen atoms in total. The number of carbonyl (C=O) groups is 4. The number of carboxylic acid groups (broad SMARTS) is 1. The quantitative estimate of drug-likeness (QED) is 0.195. The van der Waals surface area contributed by atoms with Gasteiger partial charge in [-0.1, -0.05) is 31.7 Å². The first kappa shape index (κ1) is 42.2. The molecule has 254 valence electrons. The summed E-state index contributed by atoms with van der Waals surface area (Å²) in [6.45, 7) is 3.03. The van der Waals surface area contributed by atoms with E-state index in [1.165, 1.54) is 68.6 Å². The van der Waals surface area contributed by atoms with Crippen LogP contribution in [0.25, 0.3) is 0 Å². The van der Waals surface area contributed by atoms with Crippen molar-refractivity contribution < 1.29 is 75.7 Å². The van der Waals surface area contributed by atoms with E-state index in [1.54, 1.807) is 25.1 Å². The van der Waals surface area contributed by atoms with E-state index in [9.17, 15) is 36.0 Å². The summed E-state index contributed by atoms with van der Waals surface area (Å²) in [6, 6.07) is 17.0. The van der Waals surface area contributed by atoms with Gasteiger partial charge in [0.15, 0.2) is 0 Å². The van der Waals surface area contributed by atoms with Crippen molar-refractivity contribution in [1.29, 1.82) is 0 Å². The van der Waals surface area contributed by atoms with Crippen LogP contribution in [0, 0.1) is 13.8 Å². The molecule has 2 amide bonds. The van der Waals surface area contributed by atoms with Gasteiger partial charge in [-0.05, 0) is 73.5 Å². The van der Waals surface area contributed by atoms with Gasteiger partial charge in [0.05, 0.1) is 60.3 Å². The second-order valence-electron chi connectivity index (χ2n) is 9.93. The van der Waals surface area contributed by atoms with E-state index >= 15 is 0 Å². The van der Waals surface area contributed by atoms with Gasteiger partial charge in [-0.2, -0.15) is 0 Å². The fraction of sp³-hybridized carbons (Fsp3) is 0.125. The van der Waals surface area contributed by atoms with Gasteiger partial charge >= 0.3 is 30.8 Å². The number of aromatic carboxylic acids is 1. The minimum atomic E-state index is -3.91. The standard InChI is InChI=1S/C16H13NO5S.C15H11NO5S.CH4.Li.2H2O/c1-9-10(16(19)22-2)7-8-13-14(9)17-15(18)11-5-3-4-6-12(11)23(13,20)21;1-8-9(15(18)19)6-7-12-13(8)16-14(17)10-4-2-3-5-11(10)22(12,20)21;;;;/h3-8H,1-2H3,(H,17,18);2-7H,1H3,(H,16,17)(H,18,19);1H4;;2*1H2/q;;;+1;;/p-1. The maximum absolute atomic E-state index is 12.9. The topological polar surface area (TPSA) is 252 Å². The molecule has 0 bridgehead atoms. The maximum Gasteiger partial charge on any atom is 1.00 e. The van der Waals surface area contributed by atoms with Crippen molar-refractivity contribution in [2.24, 2.45) is 0 Å². The van der Waals surface area contributed by atoms with E-state index in [-0.39, 0.29) is 96.0 Å². The van der Waals surface area contributed by atoms with Crippen molar-refractivity contribution >= 4 is 54.8 Å². The molecular weight excluding hydrogens is 675 g/mol. The zero-order valence-electron chi connectivity index (χ0n) is 25.8. The smallest absolute Gasteiger partial charge is 0.870 e. The summed E-state index contributed by atoms with van der Waals surface area (Å²) < 4.78 is 55.9. The number of carboxylic acids is 1. The molecule has 0 atom stereocenters. The minimum Gasteiger partial charge on any atom is -0.870 e. The Morgan fingerprint density at radius 1 is 0.653 bits per heavy atom. The van der Waals surface area contributed by atoms with Gasteiger partial charge in [-0.15, -0.1) is 0 Å². The van der Waals surface area contributed by atoms with Gasteiger partial charge in [-0.25, -0.2) is 26.4 Å². The zero-order valence-corrected chi connectivity index (χ0v) is 27.4. The third kappa shape index (κ3) is 7.15. The van der Waals surface area contributed by atoms with Crippen LogP contribution in [0.4, 0.5) is 11.4 Å². The van der Waals surface area contributed by atoms with Gasteiger partial charge in [0.1, 0.15) is 0 Å². The summed E-state index contributed by atoms with van der Waals surface area (Å²) in [5.41, 5.74) is 0.926. The Labute approximate surface area is 294 Å². The normalized spacial score (nSPS) is 13.9. The van der Waals surface area contributed by atoms with E-state index in [1.807, 2.05) is 0 Å². The van der Waals surface area contributed by atoms with Crippen LogP contribution < -0.4 is 29.5 Å². The fourth-order valence-electron chi connectivity index (χ4n) is 5.07. The third-order valence-electron chi connectivity index (χ3n) is 7.39. The van der Waals surface area contributed by atoms with Crippen molar-refractivity contribution in [1.82, 2.24) is 0 Å². The van der Waals surface area contributed by atoms with Crippen LogP contribution in [0.5, 0.6) is 0 Å². The number of rotatable bonds is 2. The Balaban J connectivity index is 0.000000453. The number of nitrogens with one attached hydrogen (secondary N) is 2. The van der Waals surface area contributed by atoms with Crippen LogP contribution in [0.1, 0.15) is 60.0 Å². The van der Waals surface area contributed by atoms with E-state index < -0.39 is 43.4 Å². The van der Waals surface area contributed by atoms with Crippen LogP contribution in [0.2, 0.25) is 0 Å². The second kappa shape index (κ2) is 15.6. The number of carbonyl (C=O) groups excluding carboxylic acids is 3. The first-order valence-corrected chi connectivity index (χ1v) is 16.1. The number of hydrogen-bond acceptors (Lipinski definition) is 10. The molecule has 2 heterocycles. The molecule has 0 saturated carbocycles. The molecule has 49 heavy (non-hydrogen) atoms. The summed E-state index contributed by atoms with van der Waals surface area (Å²) in [7, 11) is -6.56. The molecule has 0 spiro atoms. The Morgan fingerprint density at radius 3 is 1.41 bits per heavy atom. The Morgan fingerprint density at radius 2 is 1.02 bits per heavy atom. The summed E-state index contributed by atoms with van der Waals surface area (Å²) in [6.07, 6.45) is 0. The molecule has 4 aromatic carbocycles. The van der Waals surface area contributed by atoms with Crippen molar-refractivity contribution in [3.8, 4) is 0 Å². The number of sulfone groups is 2. The molecule has 0 unspecified atom stereocenters. The van der Waals surface area contributed by atoms with Crippen LogP contribution in [0.15, 0.2) is 92.4 Å². The van der Waals surface area contributed by atoms with Gasteiger partial charge < -0.3 is 31.4 Å². The molecule has 2 aliphatic heterocycles. The van der Waals surface area contributed by atoms with Gasteiger partial charge in [-0.3, -0.25) is 9.59 Å². The Hall–Kier alpha value is -4.82. The van der Waals surface area contributed by atoms with Crippen molar-refractivity contribution in [3.05, 3.63) is 106 Å². The van der Waals surface area contributed by atoms with Crippen molar-refractivity contribution in [2.45, 2.75) is 40.9 Å². The Bertz CT molecular complexity index is 2200. The summed E-state index contributed by atoms with van der Waals surface area (Å²) >= 11 is 0. The average molecular weight is 707 g/mol. The Kier molecular flexibility index (Phi) is 13.4. The number of benzene rings is 4. The molecular formula is C32H31LiN2O12S2. The minimum absolute atomic E-state index is 0. The molecule has 0 saturated heterocycles. The molecule has 4 aromatic rings. The molecule has 0 aliphatic carbocycles. The van der Waals surface area contributed by atoms with Crippen LogP contribution in [-0.4, -0.2) is 63.8 Å². The SMILES string of the molecule is C.COC(=O)c1ccc2c(c1C)NC(=O)c1ccccc1S2(=O)=O.Cc1c(C(=O)O)ccc2c1NC(=O)c1ccccc1S2(=O)=O.O.[Li+].[OH-]. The second-order valence-corrected chi connectivity index (χ2v) is 13.7. The first-order valence-electron chi connectivity index (χ1n) is 13.1. The van der Waals surface area contributed by atoms with Gasteiger partial charge in [0.25, 0.3) is 11.8 Å². The average Bonchev–Trinajstić information content (AvgIpc) is 3.16. The summed E-state index contributed by atoms with van der Waals surface area (Å²) in [5.74, 6) is -2.90. The molecule has 6 rings (SSSR count). The molecule has 17 heteroatoms. The first-order chi connectivity index (χ1) is 21.2. The maximum atomic E-state index is 12.9. The molecule has 2 aliphatic rings. The predicted molar refractivity (Wildman–Crippen MR) is 173 cm³/mol. The number of hydrogen-bond donors (Lipinski definition) is 3. The molecule has 0 aromatic heterocycles. The van der Waals surface area contributed by atoms with Crippen LogP contribution >= 0.6 is 0 Å². The van der Waals surface area contributed by atoms with E-state index in [2.05, 4.69) is 15.4 Å². The molecule has 0 radical (unpaired) electrons. The summed E-state index contributed by atoms with van der Waals surface area (Å²) in [4.78, 5) is 47.3. The van der Waals surface area contributed by atoms with E-state index in [0.29, 0.717) is 5.56 Å². The number of methoxy groups -OCH3 is 1. The number of anilines is 2. The number of esters is 1. The predicted octanol–water partition coefficient (Wildman–Crippen LogP) is 0.910. The van der Waals surface area contributed by atoms with Crippen molar-refractivity contribution in [2.75, 3.05) is 17.7 Å². The van der Waals surface area contributed by atoms with Gasteiger partial charge in [0.2, 0.25) is 19.7 Å². The number of amides is 2. The van der Waals surface area contributed by atoms with Gasteiger partial charge in [0, 0.05) is 0 Å². The van der Waals surface area contributed by atoms with Crippen LogP contribution in [-0.2, 0) is 24.4 Å². The fourth-order valence-corrected chi connectivity index (χ4v) is 8.40. The monoisotopic (exact) mass is 706 g/mol. The summed E-state index contributed by atoms with van der Waals surface area (Å²) in [5, 5.41) is 14.3. The van der Waals surface area contributed by atoms with Crippen LogP contribution in [0.3, 0.4) is 0 Å². The third-order valence-corrected chi connectivity index (χ3v) is 11.1. The number of fused-ring (bicyclic) bond motifs is 4. The largest absolute Gasteiger partial charge is 1.00 e.